The first-order chi connectivity index (χ1) is 13.1. The van der Waals surface area contributed by atoms with Crippen LogP contribution in [0.15, 0.2) is 48.8 Å². The van der Waals surface area contributed by atoms with Crippen molar-refractivity contribution in [2.24, 2.45) is 0 Å². The smallest absolute Gasteiger partial charge is 0.243 e. The lowest BCUT2D eigenvalue weighted by atomic mass is 10.0. The largest absolute Gasteiger partial charge is 0.351 e. The first-order valence-corrected chi connectivity index (χ1v) is 9.25. The second kappa shape index (κ2) is 9.12. The number of carbonyl (C=O) groups is 2. The summed E-state index contributed by atoms with van der Waals surface area (Å²) in [5, 5.41) is 5.87. The van der Waals surface area contributed by atoms with Crippen molar-refractivity contribution in [1.82, 2.24) is 20.6 Å². The fraction of sp³-hybridized carbons (Fsp3) is 0.400. The molecular weight excluding hydrogens is 342 g/mol. The van der Waals surface area contributed by atoms with Gasteiger partial charge in [0.2, 0.25) is 17.8 Å². The van der Waals surface area contributed by atoms with Crippen LogP contribution in [-0.2, 0) is 16.0 Å². The van der Waals surface area contributed by atoms with E-state index in [9.17, 15) is 9.59 Å². The van der Waals surface area contributed by atoms with Gasteiger partial charge >= 0.3 is 0 Å². The van der Waals surface area contributed by atoms with Crippen molar-refractivity contribution in [3.63, 3.8) is 0 Å². The number of aromatic nitrogens is 2. The Balaban J connectivity index is 1.55. The van der Waals surface area contributed by atoms with E-state index in [-0.39, 0.29) is 17.9 Å². The molecule has 2 N–H and O–H groups in total. The van der Waals surface area contributed by atoms with Gasteiger partial charge in [-0.25, -0.2) is 9.97 Å². The molecule has 0 radical (unpaired) electrons. The summed E-state index contributed by atoms with van der Waals surface area (Å²) >= 11 is 0. The van der Waals surface area contributed by atoms with Crippen molar-refractivity contribution in [1.29, 1.82) is 0 Å². The van der Waals surface area contributed by atoms with E-state index in [0.29, 0.717) is 6.42 Å². The first kappa shape index (κ1) is 18.8. The van der Waals surface area contributed by atoms with Crippen LogP contribution in [0.3, 0.4) is 0 Å². The van der Waals surface area contributed by atoms with Crippen LogP contribution in [0.4, 0.5) is 5.95 Å². The van der Waals surface area contributed by atoms with Crippen LogP contribution in [0.2, 0.25) is 0 Å². The highest BCUT2D eigenvalue weighted by Gasteiger charge is 2.26. The molecule has 1 aromatic carbocycles. The molecule has 1 aliphatic heterocycles. The van der Waals surface area contributed by atoms with Crippen molar-refractivity contribution < 1.29 is 9.59 Å². The highest BCUT2D eigenvalue weighted by Crippen LogP contribution is 2.15. The van der Waals surface area contributed by atoms with E-state index in [1.165, 1.54) is 6.92 Å². The van der Waals surface area contributed by atoms with E-state index in [0.717, 1.165) is 37.4 Å². The predicted molar refractivity (Wildman–Crippen MR) is 103 cm³/mol. The van der Waals surface area contributed by atoms with Gasteiger partial charge in [0, 0.05) is 44.9 Å². The molecule has 0 bridgehead atoms. The Morgan fingerprint density at radius 1 is 1.11 bits per heavy atom. The average Bonchev–Trinajstić information content (AvgIpc) is 2.69. The zero-order valence-corrected chi connectivity index (χ0v) is 15.5. The maximum Gasteiger partial charge on any atom is 0.243 e. The molecule has 0 aliphatic carbocycles. The van der Waals surface area contributed by atoms with Gasteiger partial charge in [0.25, 0.3) is 0 Å². The lowest BCUT2D eigenvalue weighted by Gasteiger charge is -2.33. The molecule has 1 saturated heterocycles. The number of benzene rings is 1. The van der Waals surface area contributed by atoms with Gasteiger partial charge in [0.05, 0.1) is 0 Å². The van der Waals surface area contributed by atoms with Gasteiger partial charge < -0.3 is 15.5 Å². The zero-order valence-electron chi connectivity index (χ0n) is 15.5. The molecule has 142 valence electrons. The van der Waals surface area contributed by atoms with Gasteiger partial charge in [-0.3, -0.25) is 9.59 Å². The van der Waals surface area contributed by atoms with Gasteiger partial charge in [0.1, 0.15) is 6.04 Å². The Morgan fingerprint density at radius 3 is 2.41 bits per heavy atom. The van der Waals surface area contributed by atoms with Crippen LogP contribution in [0.1, 0.15) is 25.3 Å². The number of hydrogen-bond acceptors (Lipinski definition) is 5. The minimum atomic E-state index is -0.569. The predicted octanol–water partition coefficient (Wildman–Crippen LogP) is 1.31. The van der Waals surface area contributed by atoms with Crippen LogP contribution in [0, 0.1) is 0 Å². The molecule has 2 amide bonds. The maximum atomic E-state index is 12.7. The number of nitrogens with zero attached hydrogens (tertiary/aromatic N) is 3. The third-order valence-electron chi connectivity index (χ3n) is 4.65. The van der Waals surface area contributed by atoms with Crippen molar-refractivity contribution in [3.05, 3.63) is 54.4 Å². The Morgan fingerprint density at radius 2 is 1.78 bits per heavy atom. The van der Waals surface area contributed by atoms with Crippen molar-refractivity contribution >= 4 is 17.8 Å². The van der Waals surface area contributed by atoms with E-state index in [2.05, 4.69) is 25.5 Å². The number of amides is 2. The van der Waals surface area contributed by atoms with Gasteiger partial charge in [-0.1, -0.05) is 30.3 Å². The van der Waals surface area contributed by atoms with Crippen molar-refractivity contribution in [2.45, 2.75) is 38.3 Å². The molecule has 3 rings (SSSR count). The quantitative estimate of drug-likeness (QED) is 0.804. The Labute approximate surface area is 159 Å². The highest BCUT2D eigenvalue weighted by atomic mass is 16.2. The second-order valence-electron chi connectivity index (χ2n) is 6.76. The van der Waals surface area contributed by atoms with Crippen LogP contribution in [-0.4, -0.2) is 47.0 Å². The molecule has 0 saturated carbocycles. The molecule has 2 heterocycles. The Bertz CT molecular complexity index is 745. The molecule has 1 aliphatic rings. The fourth-order valence-electron chi connectivity index (χ4n) is 3.28. The third kappa shape index (κ3) is 5.51. The van der Waals surface area contributed by atoms with E-state index < -0.39 is 6.04 Å². The van der Waals surface area contributed by atoms with E-state index in [1.54, 1.807) is 18.5 Å². The fourth-order valence-corrected chi connectivity index (χ4v) is 3.28. The summed E-state index contributed by atoms with van der Waals surface area (Å²) in [6, 6.07) is 11.0. The summed E-state index contributed by atoms with van der Waals surface area (Å²) in [5.41, 5.74) is 1.02. The summed E-state index contributed by atoms with van der Waals surface area (Å²) in [6.45, 7) is 3.01. The number of rotatable bonds is 6. The minimum Gasteiger partial charge on any atom is -0.351 e. The second-order valence-corrected chi connectivity index (χ2v) is 6.76. The molecule has 27 heavy (non-hydrogen) atoms. The lowest BCUT2D eigenvalue weighted by molar-refractivity contribution is -0.128. The zero-order chi connectivity index (χ0) is 19.1. The summed E-state index contributed by atoms with van der Waals surface area (Å²) < 4.78 is 0. The van der Waals surface area contributed by atoms with Crippen LogP contribution < -0.4 is 15.5 Å². The normalized spacial score (nSPS) is 15.8. The van der Waals surface area contributed by atoms with Gasteiger partial charge in [-0.05, 0) is 24.5 Å². The molecule has 7 heteroatoms. The third-order valence-corrected chi connectivity index (χ3v) is 4.65. The first-order valence-electron chi connectivity index (χ1n) is 9.25. The SMILES string of the molecule is CC(=O)NC(Cc1ccccc1)C(=O)NC1CCN(c2ncccn2)CC1. The molecule has 2 aromatic rings. The molecule has 1 fully saturated rings. The van der Waals surface area contributed by atoms with Gasteiger partial charge in [-0.2, -0.15) is 0 Å². The molecule has 1 unspecified atom stereocenters. The molecule has 0 spiro atoms. The molecular formula is C20H25N5O2. The van der Waals surface area contributed by atoms with E-state index >= 15 is 0 Å². The number of piperidine rings is 1. The Kier molecular flexibility index (Phi) is 6.35. The van der Waals surface area contributed by atoms with Crippen molar-refractivity contribution in [2.75, 3.05) is 18.0 Å². The molecule has 7 nitrogen and oxygen atoms in total. The van der Waals surface area contributed by atoms with Crippen molar-refractivity contribution in [3.8, 4) is 0 Å². The standard InChI is InChI=1S/C20H25N5O2/c1-15(26)23-18(14-16-6-3-2-4-7-16)19(27)24-17-8-12-25(13-9-17)20-21-10-5-11-22-20/h2-7,10-11,17-18H,8-9,12-14H2,1H3,(H,23,26)(H,24,27). The Hall–Kier alpha value is -2.96. The highest BCUT2D eigenvalue weighted by molar-refractivity contribution is 5.87. The van der Waals surface area contributed by atoms with Crippen LogP contribution >= 0.6 is 0 Å². The molecule has 1 aromatic heterocycles. The maximum absolute atomic E-state index is 12.7. The monoisotopic (exact) mass is 367 g/mol. The number of hydrogen-bond donors (Lipinski definition) is 2. The molecule has 1 atom stereocenters. The summed E-state index contributed by atoms with van der Waals surface area (Å²) in [4.78, 5) is 34.9. The lowest BCUT2D eigenvalue weighted by Crippen LogP contribution is -2.52. The summed E-state index contributed by atoms with van der Waals surface area (Å²) in [5.74, 6) is 0.382. The van der Waals surface area contributed by atoms with Gasteiger partial charge in [0.15, 0.2) is 0 Å². The summed E-state index contributed by atoms with van der Waals surface area (Å²) in [6.07, 6.45) is 5.59. The number of carbonyl (C=O) groups excluding carboxylic acids is 2. The average molecular weight is 367 g/mol. The van der Waals surface area contributed by atoms with Crippen LogP contribution in [0.25, 0.3) is 0 Å². The van der Waals surface area contributed by atoms with E-state index in [4.69, 9.17) is 0 Å². The topological polar surface area (TPSA) is 87.2 Å². The minimum absolute atomic E-state index is 0.0875. The van der Waals surface area contributed by atoms with E-state index in [1.807, 2.05) is 30.3 Å². The number of nitrogens with one attached hydrogen (secondary N) is 2. The number of anilines is 1. The van der Waals surface area contributed by atoms with Crippen LogP contribution in [0.5, 0.6) is 0 Å². The summed E-state index contributed by atoms with van der Waals surface area (Å²) in [7, 11) is 0. The van der Waals surface area contributed by atoms with Gasteiger partial charge in [-0.15, -0.1) is 0 Å².